The molecule has 1 saturated heterocycles. The minimum absolute atomic E-state index is 0.129. The standard InChI is InChI=1S/C19H19ClN4O3S/c20-15-11-13(24-9-3-4-10-28(24,26)27)7-8-14(15)19(25)21-12-18-22-16-5-1-2-6-17(16)23-18/h1-2,5-8,11H,3-4,9-10,12H2,(H,21,25)(H,22,23). The molecule has 1 aromatic heterocycles. The fourth-order valence-electron chi connectivity index (χ4n) is 3.27. The number of H-pyrrole nitrogens is 1. The lowest BCUT2D eigenvalue weighted by Gasteiger charge is -2.28. The molecule has 1 aliphatic rings. The summed E-state index contributed by atoms with van der Waals surface area (Å²) in [6.45, 7) is 0.655. The second kappa shape index (κ2) is 7.44. The third-order valence-corrected chi connectivity index (χ3v) is 6.87. The summed E-state index contributed by atoms with van der Waals surface area (Å²) in [5, 5.41) is 2.99. The number of nitrogens with zero attached hydrogens (tertiary/aromatic N) is 2. The molecule has 1 aliphatic heterocycles. The van der Waals surface area contributed by atoms with Gasteiger partial charge in [0.1, 0.15) is 5.82 Å². The Labute approximate surface area is 167 Å². The Balaban J connectivity index is 1.48. The Morgan fingerprint density at radius 1 is 1.21 bits per heavy atom. The third kappa shape index (κ3) is 3.70. The van der Waals surface area contributed by atoms with E-state index in [2.05, 4.69) is 15.3 Å². The Kier molecular flexibility index (Phi) is 4.99. The number of benzene rings is 2. The number of halogens is 1. The van der Waals surface area contributed by atoms with Gasteiger partial charge in [-0.25, -0.2) is 13.4 Å². The Bertz CT molecular complexity index is 1110. The minimum Gasteiger partial charge on any atom is -0.345 e. The molecule has 0 unspecified atom stereocenters. The number of hydrogen-bond donors (Lipinski definition) is 2. The van der Waals surface area contributed by atoms with Gasteiger partial charge in [-0.15, -0.1) is 0 Å². The summed E-state index contributed by atoms with van der Waals surface area (Å²) in [5.74, 6) is 0.421. The highest BCUT2D eigenvalue weighted by molar-refractivity contribution is 7.92. The van der Waals surface area contributed by atoms with Crippen molar-refractivity contribution in [2.45, 2.75) is 19.4 Å². The molecule has 1 fully saturated rings. The maximum atomic E-state index is 12.5. The molecular weight excluding hydrogens is 400 g/mol. The molecule has 0 aliphatic carbocycles. The van der Waals surface area contributed by atoms with Crippen molar-refractivity contribution in [2.24, 2.45) is 0 Å². The number of aromatic nitrogens is 2. The maximum Gasteiger partial charge on any atom is 0.253 e. The quantitative estimate of drug-likeness (QED) is 0.680. The largest absolute Gasteiger partial charge is 0.345 e. The fraction of sp³-hybridized carbons (Fsp3) is 0.263. The van der Waals surface area contributed by atoms with E-state index < -0.39 is 10.0 Å². The molecule has 0 atom stereocenters. The molecule has 0 bridgehead atoms. The summed E-state index contributed by atoms with van der Waals surface area (Å²) in [4.78, 5) is 20.1. The lowest BCUT2D eigenvalue weighted by atomic mass is 10.2. The highest BCUT2D eigenvalue weighted by Gasteiger charge is 2.26. The second-order valence-electron chi connectivity index (χ2n) is 6.64. The zero-order valence-electron chi connectivity index (χ0n) is 15.0. The van der Waals surface area contributed by atoms with Gasteiger partial charge >= 0.3 is 0 Å². The zero-order chi connectivity index (χ0) is 19.7. The number of carbonyl (C=O) groups excluding carboxylic acids is 1. The molecule has 3 aromatic rings. The molecule has 0 saturated carbocycles. The van der Waals surface area contributed by atoms with Crippen LogP contribution in [0.3, 0.4) is 0 Å². The average molecular weight is 419 g/mol. The van der Waals surface area contributed by atoms with E-state index in [1.54, 1.807) is 12.1 Å². The number of nitrogens with one attached hydrogen (secondary N) is 2. The van der Waals surface area contributed by atoms with E-state index in [-0.39, 0.29) is 28.8 Å². The van der Waals surface area contributed by atoms with Gasteiger partial charge in [-0.2, -0.15) is 0 Å². The van der Waals surface area contributed by atoms with Gasteiger partial charge in [0.15, 0.2) is 0 Å². The number of aromatic amines is 1. The van der Waals surface area contributed by atoms with Crippen molar-refractivity contribution in [3.05, 3.63) is 58.9 Å². The molecule has 2 N–H and O–H groups in total. The Hall–Kier alpha value is -2.58. The van der Waals surface area contributed by atoms with E-state index in [0.717, 1.165) is 17.5 Å². The Morgan fingerprint density at radius 3 is 2.79 bits per heavy atom. The van der Waals surface area contributed by atoms with Gasteiger partial charge < -0.3 is 10.3 Å². The molecule has 4 rings (SSSR count). The van der Waals surface area contributed by atoms with E-state index in [9.17, 15) is 13.2 Å². The van der Waals surface area contributed by atoms with Crippen molar-refractivity contribution in [2.75, 3.05) is 16.6 Å². The molecule has 0 radical (unpaired) electrons. The summed E-state index contributed by atoms with van der Waals surface area (Å²) in [5.41, 5.74) is 2.50. The predicted molar refractivity (Wildman–Crippen MR) is 109 cm³/mol. The van der Waals surface area contributed by atoms with Crippen molar-refractivity contribution in [1.29, 1.82) is 0 Å². The first-order valence-electron chi connectivity index (χ1n) is 8.96. The van der Waals surface area contributed by atoms with Gasteiger partial charge in [0.2, 0.25) is 10.0 Å². The van der Waals surface area contributed by atoms with Crippen LogP contribution in [0.1, 0.15) is 29.0 Å². The van der Waals surface area contributed by atoms with Gasteiger partial charge in [0.05, 0.1) is 39.6 Å². The van der Waals surface area contributed by atoms with E-state index in [4.69, 9.17) is 11.6 Å². The summed E-state index contributed by atoms with van der Waals surface area (Å²) in [6.07, 6.45) is 1.46. The summed E-state index contributed by atoms with van der Waals surface area (Å²) in [6, 6.07) is 12.3. The molecule has 28 heavy (non-hydrogen) atoms. The first kappa shape index (κ1) is 18.8. The number of sulfonamides is 1. The summed E-state index contributed by atoms with van der Waals surface area (Å²) in [7, 11) is -3.32. The van der Waals surface area contributed by atoms with Gasteiger partial charge in [-0.1, -0.05) is 23.7 Å². The highest BCUT2D eigenvalue weighted by Crippen LogP contribution is 2.28. The van der Waals surface area contributed by atoms with E-state index in [0.29, 0.717) is 24.5 Å². The predicted octanol–water partition coefficient (Wildman–Crippen LogP) is 3.08. The van der Waals surface area contributed by atoms with Crippen molar-refractivity contribution < 1.29 is 13.2 Å². The first-order chi connectivity index (χ1) is 13.4. The molecule has 2 aromatic carbocycles. The zero-order valence-corrected chi connectivity index (χ0v) is 16.6. The lowest BCUT2D eigenvalue weighted by Crippen LogP contribution is -2.37. The minimum atomic E-state index is -3.32. The molecule has 1 amide bonds. The van der Waals surface area contributed by atoms with Crippen LogP contribution < -0.4 is 9.62 Å². The molecule has 2 heterocycles. The lowest BCUT2D eigenvalue weighted by molar-refractivity contribution is 0.0950. The van der Waals surface area contributed by atoms with Crippen LogP contribution in [0.25, 0.3) is 11.0 Å². The Morgan fingerprint density at radius 2 is 2.04 bits per heavy atom. The van der Waals surface area contributed by atoms with Crippen molar-refractivity contribution in [3.63, 3.8) is 0 Å². The third-order valence-electron chi connectivity index (χ3n) is 4.69. The smallest absolute Gasteiger partial charge is 0.253 e. The normalized spacial score (nSPS) is 16.2. The van der Waals surface area contributed by atoms with E-state index in [1.807, 2.05) is 24.3 Å². The highest BCUT2D eigenvalue weighted by atomic mass is 35.5. The van der Waals surface area contributed by atoms with Gasteiger partial charge in [-0.3, -0.25) is 9.10 Å². The van der Waals surface area contributed by atoms with Crippen LogP contribution in [0.5, 0.6) is 0 Å². The SMILES string of the molecule is O=C(NCc1nc2ccccc2[nH]1)c1ccc(N2CCCCS2(=O)=O)cc1Cl. The van der Waals surface area contributed by atoms with E-state index >= 15 is 0 Å². The number of amides is 1. The van der Waals surface area contributed by atoms with Gasteiger partial charge in [0, 0.05) is 6.54 Å². The molecule has 0 spiro atoms. The molecule has 146 valence electrons. The van der Waals surface area contributed by atoms with Crippen LogP contribution >= 0.6 is 11.6 Å². The van der Waals surface area contributed by atoms with Crippen LogP contribution in [-0.4, -0.2) is 36.6 Å². The number of hydrogen-bond acceptors (Lipinski definition) is 4. The topological polar surface area (TPSA) is 95.2 Å². The van der Waals surface area contributed by atoms with Gasteiger partial charge in [-0.05, 0) is 43.2 Å². The summed E-state index contributed by atoms with van der Waals surface area (Å²) < 4.78 is 25.8. The maximum absolute atomic E-state index is 12.5. The van der Waals surface area contributed by atoms with Crippen LogP contribution in [0.2, 0.25) is 5.02 Å². The van der Waals surface area contributed by atoms with Crippen LogP contribution in [0, 0.1) is 0 Å². The van der Waals surface area contributed by atoms with Crippen molar-refractivity contribution in [1.82, 2.24) is 15.3 Å². The molecular formula is C19H19ClN4O3S. The van der Waals surface area contributed by atoms with Crippen LogP contribution in [0.15, 0.2) is 42.5 Å². The van der Waals surface area contributed by atoms with Crippen LogP contribution in [-0.2, 0) is 16.6 Å². The second-order valence-corrected chi connectivity index (χ2v) is 9.06. The fourth-order valence-corrected chi connectivity index (χ4v) is 5.16. The first-order valence-corrected chi connectivity index (χ1v) is 10.9. The monoisotopic (exact) mass is 418 g/mol. The number of carbonyl (C=O) groups is 1. The van der Waals surface area contributed by atoms with Gasteiger partial charge in [0.25, 0.3) is 5.91 Å². The number of anilines is 1. The number of para-hydroxylation sites is 2. The number of fused-ring (bicyclic) bond motifs is 1. The summed E-state index contributed by atoms with van der Waals surface area (Å²) >= 11 is 6.28. The van der Waals surface area contributed by atoms with Crippen LogP contribution in [0.4, 0.5) is 5.69 Å². The average Bonchev–Trinajstić information content (AvgIpc) is 3.08. The molecule has 9 heteroatoms. The van der Waals surface area contributed by atoms with Crippen molar-refractivity contribution in [3.8, 4) is 0 Å². The van der Waals surface area contributed by atoms with E-state index in [1.165, 1.54) is 10.4 Å². The number of rotatable bonds is 4. The molecule has 7 nitrogen and oxygen atoms in total. The number of imidazole rings is 1. The van der Waals surface area contributed by atoms with Crippen molar-refractivity contribution >= 4 is 44.3 Å².